The van der Waals surface area contributed by atoms with E-state index in [0.717, 1.165) is 5.56 Å². The summed E-state index contributed by atoms with van der Waals surface area (Å²) in [6, 6.07) is 20.1. The van der Waals surface area contributed by atoms with E-state index in [-0.39, 0.29) is 11.3 Å². The van der Waals surface area contributed by atoms with E-state index in [2.05, 4.69) is 5.32 Å². The Morgan fingerprint density at radius 2 is 1.82 bits per heavy atom. The molecular weight excluding hydrogens is 354 g/mol. The fraction of sp³-hybridized carbons (Fsp3) is 0.130. The number of nitrogens with one attached hydrogen (secondary N) is 1. The second kappa shape index (κ2) is 7.56. The van der Waals surface area contributed by atoms with E-state index in [1.165, 1.54) is 7.11 Å². The second-order valence-electron chi connectivity index (χ2n) is 6.51. The zero-order valence-electron chi connectivity index (χ0n) is 15.4. The third kappa shape index (κ3) is 3.47. The first-order chi connectivity index (χ1) is 13.7. The summed E-state index contributed by atoms with van der Waals surface area (Å²) in [6.45, 7) is 0. The first-order valence-electron chi connectivity index (χ1n) is 9.03. The van der Waals surface area contributed by atoms with Crippen molar-refractivity contribution < 1.29 is 13.9 Å². The molecule has 5 nitrogen and oxygen atoms in total. The number of methoxy groups -OCH3 is 1. The SMILES string of the molecule is COc1cccc2c(=O)c3ccc(NC(=O)CCc4ccccc4)cc3oc12. The van der Waals surface area contributed by atoms with E-state index in [4.69, 9.17) is 9.15 Å². The molecule has 4 aromatic rings. The number of carbonyl (C=O) groups excluding carboxylic acids is 1. The van der Waals surface area contributed by atoms with Gasteiger partial charge >= 0.3 is 0 Å². The summed E-state index contributed by atoms with van der Waals surface area (Å²) >= 11 is 0. The number of anilines is 1. The van der Waals surface area contributed by atoms with Crippen LogP contribution < -0.4 is 15.5 Å². The van der Waals surface area contributed by atoms with Crippen LogP contribution in [-0.2, 0) is 11.2 Å². The quantitative estimate of drug-likeness (QED) is 0.522. The van der Waals surface area contributed by atoms with Gasteiger partial charge in [-0.25, -0.2) is 0 Å². The van der Waals surface area contributed by atoms with Crippen LogP contribution in [0.25, 0.3) is 21.9 Å². The summed E-state index contributed by atoms with van der Waals surface area (Å²) in [4.78, 5) is 25.0. The van der Waals surface area contributed by atoms with Gasteiger partial charge in [-0.1, -0.05) is 36.4 Å². The zero-order chi connectivity index (χ0) is 19.5. The number of hydrogen-bond donors (Lipinski definition) is 1. The molecule has 140 valence electrons. The normalized spacial score (nSPS) is 10.9. The maximum Gasteiger partial charge on any atom is 0.224 e. The van der Waals surface area contributed by atoms with Crippen molar-refractivity contribution in [3.8, 4) is 5.75 Å². The smallest absolute Gasteiger partial charge is 0.224 e. The van der Waals surface area contributed by atoms with E-state index in [0.29, 0.717) is 46.2 Å². The number of aryl methyl sites for hydroxylation is 1. The standard InChI is InChI=1S/C23H19NO4/c1-27-19-9-5-8-18-22(26)17-12-11-16(14-20(17)28-23(18)19)24-21(25)13-10-15-6-3-2-4-7-15/h2-9,11-12,14H,10,13H2,1H3,(H,24,25). The minimum Gasteiger partial charge on any atom is -0.493 e. The number of carbonyl (C=O) groups is 1. The molecule has 0 saturated heterocycles. The Kier molecular flexibility index (Phi) is 4.81. The number of hydrogen-bond acceptors (Lipinski definition) is 4. The molecule has 0 aliphatic carbocycles. The predicted octanol–water partition coefficient (Wildman–Crippen LogP) is 4.53. The van der Waals surface area contributed by atoms with E-state index < -0.39 is 0 Å². The van der Waals surface area contributed by atoms with Crippen molar-refractivity contribution in [3.63, 3.8) is 0 Å². The third-order valence-corrected chi connectivity index (χ3v) is 4.65. The largest absolute Gasteiger partial charge is 0.493 e. The summed E-state index contributed by atoms with van der Waals surface area (Å²) in [5.74, 6) is 0.401. The number of ether oxygens (including phenoxy) is 1. The topological polar surface area (TPSA) is 68.5 Å². The van der Waals surface area contributed by atoms with Crippen LogP contribution in [0.4, 0.5) is 5.69 Å². The van der Waals surface area contributed by atoms with Crippen molar-refractivity contribution in [1.82, 2.24) is 0 Å². The maximum absolute atomic E-state index is 12.7. The molecule has 1 N–H and O–H groups in total. The molecule has 0 unspecified atom stereocenters. The number of para-hydroxylation sites is 1. The van der Waals surface area contributed by atoms with Gasteiger partial charge in [-0.2, -0.15) is 0 Å². The summed E-state index contributed by atoms with van der Waals surface area (Å²) < 4.78 is 11.2. The van der Waals surface area contributed by atoms with Gasteiger partial charge in [-0.3, -0.25) is 9.59 Å². The second-order valence-corrected chi connectivity index (χ2v) is 6.51. The number of rotatable bonds is 5. The lowest BCUT2D eigenvalue weighted by Gasteiger charge is -2.08. The Labute approximate surface area is 161 Å². The number of benzene rings is 3. The summed E-state index contributed by atoms with van der Waals surface area (Å²) in [5, 5.41) is 3.79. The van der Waals surface area contributed by atoms with E-state index in [1.54, 1.807) is 36.4 Å². The Balaban J connectivity index is 1.61. The molecule has 0 atom stereocenters. The summed E-state index contributed by atoms with van der Waals surface area (Å²) in [6.07, 6.45) is 1.04. The molecule has 0 bridgehead atoms. The highest BCUT2D eigenvalue weighted by atomic mass is 16.5. The molecule has 0 saturated carbocycles. The van der Waals surface area contributed by atoms with Crippen LogP contribution in [0.2, 0.25) is 0 Å². The first-order valence-corrected chi connectivity index (χ1v) is 9.03. The molecule has 1 heterocycles. The van der Waals surface area contributed by atoms with Gasteiger partial charge in [0.25, 0.3) is 0 Å². The maximum atomic E-state index is 12.7. The summed E-state index contributed by atoms with van der Waals surface area (Å²) in [7, 11) is 1.53. The van der Waals surface area contributed by atoms with Gasteiger partial charge in [-0.05, 0) is 36.2 Å². The highest BCUT2D eigenvalue weighted by molar-refractivity contribution is 5.96. The van der Waals surface area contributed by atoms with Gasteiger partial charge in [-0.15, -0.1) is 0 Å². The molecule has 1 aromatic heterocycles. The van der Waals surface area contributed by atoms with Crippen molar-refractivity contribution >= 4 is 33.5 Å². The van der Waals surface area contributed by atoms with Crippen molar-refractivity contribution in [1.29, 1.82) is 0 Å². The van der Waals surface area contributed by atoms with Crippen LogP contribution >= 0.6 is 0 Å². The van der Waals surface area contributed by atoms with Crippen LogP contribution in [-0.4, -0.2) is 13.0 Å². The van der Waals surface area contributed by atoms with Gasteiger partial charge in [0.15, 0.2) is 11.3 Å². The van der Waals surface area contributed by atoms with Crippen LogP contribution in [0.15, 0.2) is 75.9 Å². The Morgan fingerprint density at radius 1 is 1.00 bits per heavy atom. The molecule has 0 aliphatic rings. The average molecular weight is 373 g/mol. The monoisotopic (exact) mass is 373 g/mol. The molecule has 4 rings (SSSR count). The molecule has 0 fully saturated rings. The van der Waals surface area contributed by atoms with Crippen molar-refractivity contribution in [2.24, 2.45) is 0 Å². The van der Waals surface area contributed by atoms with E-state index in [9.17, 15) is 9.59 Å². The minimum absolute atomic E-state index is 0.0936. The molecule has 5 heteroatoms. The minimum atomic E-state index is -0.128. The molecular formula is C23H19NO4. The lowest BCUT2D eigenvalue weighted by molar-refractivity contribution is -0.116. The molecule has 3 aromatic carbocycles. The molecule has 0 aliphatic heterocycles. The van der Waals surface area contributed by atoms with Crippen LogP contribution in [0, 0.1) is 0 Å². The third-order valence-electron chi connectivity index (χ3n) is 4.65. The zero-order valence-corrected chi connectivity index (χ0v) is 15.4. The number of amides is 1. The Hall–Kier alpha value is -3.60. The van der Waals surface area contributed by atoms with Gasteiger partial charge in [0.2, 0.25) is 11.3 Å². The Bertz CT molecular complexity index is 1210. The fourth-order valence-electron chi connectivity index (χ4n) is 3.21. The van der Waals surface area contributed by atoms with Gasteiger partial charge in [0.05, 0.1) is 17.9 Å². The molecule has 1 amide bonds. The highest BCUT2D eigenvalue weighted by Crippen LogP contribution is 2.28. The van der Waals surface area contributed by atoms with Crippen molar-refractivity contribution in [3.05, 3.63) is 82.5 Å². The van der Waals surface area contributed by atoms with Gasteiger partial charge < -0.3 is 14.5 Å². The van der Waals surface area contributed by atoms with E-state index in [1.807, 2.05) is 30.3 Å². The Morgan fingerprint density at radius 3 is 2.61 bits per heavy atom. The lowest BCUT2D eigenvalue weighted by Crippen LogP contribution is -2.12. The number of fused-ring (bicyclic) bond motifs is 2. The van der Waals surface area contributed by atoms with Crippen LogP contribution in [0.5, 0.6) is 5.75 Å². The van der Waals surface area contributed by atoms with Crippen molar-refractivity contribution in [2.45, 2.75) is 12.8 Å². The average Bonchev–Trinajstić information content (AvgIpc) is 2.73. The van der Waals surface area contributed by atoms with Crippen LogP contribution in [0.3, 0.4) is 0 Å². The van der Waals surface area contributed by atoms with Gasteiger partial charge in [0, 0.05) is 18.2 Å². The molecule has 28 heavy (non-hydrogen) atoms. The summed E-state index contributed by atoms with van der Waals surface area (Å²) in [5.41, 5.74) is 2.37. The predicted molar refractivity (Wildman–Crippen MR) is 110 cm³/mol. The fourth-order valence-corrected chi connectivity index (χ4v) is 3.21. The molecule has 0 radical (unpaired) electrons. The molecule has 0 spiro atoms. The van der Waals surface area contributed by atoms with Crippen LogP contribution in [0.1, 0.15) is 12.0 Å². The highest BCUT2D eigenvalue weighted by Gasteiger charge is 2.12. The van der Waals surface area contributed by atoms with Gasteiger partial charge in [0.1, 0.15) is 5.58 Å². The van der Waals surface area contributed by atoms with Crippen molar-refractivity contribution in [2.75, 3.05) is 12.4 Å². The first kappa shape index (κ1) is 17.8. The lowest BCUT2D eigenvalue weighted by atomic mass is 10.1. The van der Waals surface area contributed by atoms with E-state index >= 15 is 0 Å².